The lowest BCUT2D eigenvalue weighted by atomic mass is 10.1. The van der Waals surface area contributed by atoms with Gasteiger partial charge in [0.25, 0.3) is 0 Å². The summed E-state index contributed by atoms with van der Waals surface area (Å²) >= 11 is 12.5. The third-order valence-electron chi connectivity index (χ3n) is 4.52. The molecule has 25 heavy (non-hydrogen) atoms. The number of carbonyl (C=O) groups is 1. The summed E-state index contributed by atoms with van der Waals surface area (Å²) in [6, 6.07) is 2.98. The van der Waals surface area contributed by atoms with E-state index in [9.17, 15) is 4.79 Å². The molecule has 140 valence electrons. The third-order valence-corrected chi connectivity index (χ3v) is 5.40. The van der Waals surface area contributed by atoms with E-state index in [-0.39, 0.29) is 18.1 Å². The van der Waals surface area contributed by atoms with Gasteiger partial charge in [0, 0.05) is 0 Å². The average molecular weight is 390 g/mol. The van der Waals surface area contributed by atoms with Crippen LogP contribution in [-0.2, 0) is 4.84 Å². The summed E-state index contributed by atoms with van der Waals surface area (Å²) in [5.74, 6) is 0.499. The molecule has 1 aromatic rings. The molecule has 1 aliphatic heterocycles. The van der Waals surface area contributed by atoms with Gasteiger partial charge < -0.3 is 15.0 Å². The zero-order chi connectivity index (χ0) is 18.6. The zero-order valence-electron chi connectivity index (χ0n) is 15.0. The Kier molecular flexibility index (Phi) is 7.19. The van der Waals surface area contributed by atoms with Crippen LogP contribution < -0.4 is 10.1 Å². The standard InChI is InChI=1S/C17H25Cl2N3O3/c1-11(13-5-6-14(24-3)16(19)15(13)18)20-17(23)22(25-4)12-7-9-21(2)10-8-12/h5-6,11-12H,7-10H2,1-4H3,(H,20,23). The number of carbonyl (C=O) groups excluding carboxylic acids is 1. The first-order valence-corrected chi connectivity index (χ1v) is 8.98. The van der Waals surface area contributed by atoms with Gasteiger partial charge in [-0.1, -0.05) is 29.3 Å². The van der Waals surface area contributed by atoms with Crippen LogP contribution in [0.2, 0.25) is 10.0 Å². The van der Waals surface area contributed by atoms with Crippen LogP contribution in [0.5, 0.6) is 5.75 Å². The maximum absolute atomic E-state index is 12.6. The predicted molar refractivity (Wildman–Crippen MR) is 99.3 cm³/mol. The lowest BCUT2D eigenvalue weighted by Crippen LogP contribution is -2.50. The Morgan fingerprint density at radius 1 is 1.28 bits per heavy atom. The normalized spacial score (nSPS) is 17.2. The largest absolute Gasteiger partial charge is 0.495 e. The van der Waals surface area contributed by atoms with Crippen molar-refractivity contribution in [2.45, 2.75) is 31.8 Å². The molecular formula is C17H25Cl2N3O3. The summed E-state index contributed by atoms with van der Waals surface area (Å²) in [6.45, 7) is 3.73. The summed E-state index contributed by atoms with van der Waals surface area (Å²) < 4.78 is 5.15. The van der Waals surface area contributed by atoms with Gasteiger partial charge in [0.2, 0.25) is 0 Å². The topological polar surface area (TPSA) is 54.0 Å². The van der Waals surface area contributed by atoms with Gasteiger partial charge >= 0.3 is 6.03 Å². The molecule has 0 aliphatic carbocycles. The molecule has 8 heteroatoms. The van der Waals surface area contributed by atoms with Gasteiger partial charge in [-0.05, 0) is 51.5 Å². The van der Waals surface area contributed by atoms with Gasteiger partial charge in [0.05, 0.1) is 31.3 Å². The molecule has 0 spiro atoms. The first-order valence-electron chi connectivity index (χ1n) is 8.23. The van der Waals surface area contributed by atoms with E-state index in [1.54, 1.807) is 12.1 Å². The lowest BCUT2D eigenvalue weighted by Gasteiger charge is -2.35. The first-order chi connectivity index (χ1) is 11.9. The molecule has 2 amide bonds. The number of hydrogen-bond acceptors (Lipinski definition) is 4. The monoisotopic (exact) mass is 389 g/mol. The summed E-state index contributed by atoms with van der Waals surface area (Å²) in [4.78, 5) is 20.2. The molecule has 0 bridgehead atoms. The Hall–Kier alpha value is -1.21. The summed E-state index contributed by atoms with van der Waals surface area (Å²) in [7, 11) is 5.12. The van der Waals surface area contributed by atoms with Crippen molar-refractivity contribution in [1.29, 1.82) is 0 Å². The van der Waals surface area contributed by atoms with E-state index in [4.69, 9.17) is 32.8 Å². The van der Waals surface area contributed by atoms with Crippen LogP contribution in [0.15, 0.2) is 12.1 Å². The van der Waals surface area contributed by atoms with Crippen molar-refractivity contribution < 1.29 is 14.4 Å². The van der Waals surface area contributed by atoms with Crippen molar-refractivity contribution in [2.24, 2.45) is 0 Å². The van der Waals surface area contributed by atoms with Crippen LogP contribution in [0.1, 0.15) is 31.4 Å². The smallest absolute Gasteiger partial charge is 0.342 e. The van der Waals surface area contributed by atoms with Gasteiger partial charge in [0.1, 0.15) is 10.8 Å². The maximum atomic E-state index is 12.6. The molecule has 1 N–H and O–H groups in total. The van der Waals surface area contributed by atoms with Crippen molar-refractivity contribution >= 4 is 29.2 Å². The molecule has 1 atom stereocenters. The molecule has 1 fully saturated rings. The number of hydrogen-bond donors (Lipinski definition) is 1. The van der Waals surface area contributed by atoms with Crippen LogP contribution in [0, 0.1) is 0 Å². The van der Waals surface area contributed by atoms with E-state index in [0.717, 1.165) is 31.5 Å². The van der Waals surface area contributed by atoms with Crippen LogP contribution >= 0.6 is 23.2 Å². The van der Waals surface area contributed by atoms with E-state index in [1.165, 1.54) is 19.3 Å². The van der Waals surface area contributed by atoms with Crippen molar-refractivity contribution in [2.75, 3.05) is 34.4 Å². The Bertz CT molecular complexity index is 607. The lowest BCUT2D eigenvalue weighted by molar-refractivity contribution is -0.127. The number of piperidine rings is 1. The molecule has 1 unspecified atom stereocenters. The van der Waals surface area contributed by atoms with E-state index in [1.807, 2.05) is 6.92 Å². The molecule has 1 aromatic carbocycles. The number of hydroxylamine groups is 2. The van der Waals surface area contributed by atoms with Crippen molar-refractivity contribution in [3.05, 3.63) is 27.7 Å². The number of likely N-dealkylation sites (tertiary alicyclic amines) is 1. The molecule has 0 radical (unpaired) electrons. The fraction of sp³-hybridized carbons (Fsp3) is 0.588. The van der Waals surface area contributed by atoms with Crippen molar-refractivity contribution in [3.63, 3.8) is 0 Å². The minimum Gasteiger partial charge on any atom is -0.495 e. The fourth-order valence-corrected chi connectivity index (χ4v) is 3.56. The molecule has 2 rings (SSSR count). The third kappa shape index (κ3) is 4.70. The molecule has 0 saturated carbocycles. The Morgan fingerprint density at radius 2 is 1.92 bits per heavy atom. The molecule has 1 aliphatic rings. The minimum atomic E-state index is -0.327. The Labute approximate surface area is 158 Å². The molecule has 0 aromatic heterocycles. The number of rotatable bonds is 5. The van der Waals surface area contributed by atoms with Gasteiger partial charge in [0.15, 0.2) is 0 Å². The highest BCUT2D eigenvalue weighted by Gasteiger charge is 2.28. The summed E-state index contributed by atoms with van der Waals surface area (Å²) in [5.41, 5.74) is 0.722. The Morgan fingerprint density at radius 3 is 2.48 bits per heavy atom. The molecule has 1 heterocycles. The number of benzene rings is 1. The number of halogens is 2. The van der Waals surface area contributed by atoms with Gasteiger partial charge in [-0.3, -0.25) is 4.84 Å². The van der Waals surface area contributed by atoms with Gasteiger partial charge in [-0.2, -0.15) is 0 Å². The van der Waals surface area contributed by atoms with Crippen LogP contribution in [0.25, 0.3) is 0 Å². The average Bonchev–Trinajstić information content (AvgIpc) is 2.59. The Balaban J connectivity index is 2.07. The first kappa shape index (κ1) is 20.1. The van der Waals surface area contributed by atoms with Crippen LogP contribution in [0.4, 0.5) is 4.79 Å². The summed E-state index contributed by atoms with van der Waals surface area (Å²) in [5, 5.41) is 5.05. The van der Waals surface area contributed by atoms with Crippen LogP contribution in [0.3, 0.4) is 0 Å². The predicted octanol–water partition coefficient (Wildman–Crippen LogP) is 3.73. The SMILES string of the molecule is COc1ccc(C(C)NC(=O)N(OC)C2CCN(C)CC2)c(Cl)c1Cl. The summed E-state index contributed by atoms with van der Waals surface area (Å²) in [6.07, 6.45) is 1.75. The quantitative estimate of drug-likeness (QED) is 0.779. The number of nitrogens with one attached hydrogen (secondary N) is 1. The molecule has 1 saturated heterocycles. The van der Waals surface area contributed by atoms with Crippen molar-refractivity contribution in [3.8, 4) is 5.75 Å². The number of nitrogens with zero attached hydrogens (tertiary/aromatic N) is 2. The fourth-order valence-electron chi connectivity index (χ4n) is 2.99. The van der Waals surface area contributed by atoms with E-state index >= 15 is 0 Å². The van der Waals surface area contributed by atoms with E-state index in [0.29, 0.717) is 15.8 Å². The number of amides is 2. The second-order valence-corrected chi connectivity index (χ2v) is 6.95. The van der Waals surface area contributed by atoms with Crippen molar-refractivity contribution in [1.82, 2.24) is 15.3 Å². The highest BCUT2D eigenvalue weighted by atomic mass is 35.5. The second-order valence-electron chi connectivity index (χ2n) is 6.20. The van der Waals surface area contributed by atoms with Gasteiger partial charge in [-0.25, -0.2) is 9.86 Å². The maximum Gasteiger partial charge on any atom is 0.342 e. The zero-order valence-corrected chi connectivity index (χ0v) is 16.5. The van der Waals surface area contributed by atoms with Crippen LogP contribution in [-0.4, -0.2) is 56.4 Å². The molecular weight excluding hydrogens is 365 g/mol. The number of ether oxygens (including phenoxy) is 1. The highest BCUT2D eigenvalue weighted by molar-refractivity contribution is 6.43. The minimum absolute atomic E-state index is 0.0586. The molecule has 6 nitrogen and oxygen atoms in total. The highest BCUT2D eigenvalue weighted by Crippen LogP contribution is 2.37. The van der Waals surface area contributed by atoms with E-state index < -0.39 is 0 Å². The number of urea groups is 1. The van der Waals surface area contributed by atoms with Gasteiger partial charge in [-0.15, -0.1) is 0 Å². The number of methoxy groups -OCH3 is 1. The second kappa shape index (κ2) is 8.94. The van der Waals surface area contributed by atoms with E-state index in [2.05, 4.69) is 17.3 Å².